The summed E-state index contributed by atoms with van der Waals surface area (Å²) in [7, 11) is 3.37. The normalized spacial score (nSPS) is 17.2. The molecule has 1 saturated heterocycles. The molecule has 1 fully saturated rings. The van der Waals surface area contributed by atoms with Crippen LogP contribution < -0.4 is 9.47 Å². The number of hydrogen-bond donors (Lipinski definition) is 0. The van der Waals surface area contributed by atoms with Gasteiger partial charge in [-0.2, -0.15) is 4.98 Å². The molecular weight excluding hydrogens is 344 g/mol. The van der Waals surface area contributed by atoms with E-state index in [0.717, 1.165) is 42.0 Å². The summed E-state index contributed by atoms with van der Waals surface area (Å²) in [5, 5.41) is 4.09. The number of hydrogen-bond acceptors (Lipinski definition) is 7. The largest absolute Gasteiger partial charge is 0.497 e. The molecule has 0 bridgehead atoms. The van der Waals surface area contributed by atoms with E-state index in [1.54, 1.807) is 26.6 Å². The maximum Gasteiger partial charge on any atom is 0.241 e. The highest BCUT2D eigenvalue weighted by Crippen LogP contribution is 2.39. The van der Waals surface area contributed by atoms with Gasteiger partial charge in [-0.15, -0.1) is 0 Å². The molecule has 7 heteroatoms. The molecule has 4 rings (SSSR count). The standard InChI is InChI=1S/C20H22N4O3/c1-25-15-7-8-18(26-2)16(11-15)17-6-4-10-24(17)13-19-22-20(23-27-19)14-5-3-9-21-12-14/h3,5,7-9,11-12,17H,4,6,10,13H2,1-2H3. The first-order valence-corrected chi connectivity index (χ1v) is 8.97. The Hall–Kier alpha value is -2.93. The maximum absolute atomic E-state index is 5.58. The van der Waals surface area contributed by atoms with E-state index in [1.807, 2.05) is 24.3 Å². The van der Waals surface area contributed by atoms with Gasteiger partial charge in [0.25, 0.3) is 0 Å². The van der Waals surface area contributed by atoms with Crippen LogP contribution in [-0.4, -0.2) is 40.8 Å². The number of ether oxygens (including phenoxy) is 2. The van der Waals surface area contributed by atoms with Crippen molar-refractivity contribution in [1.29, 1.82) is 0 Å². The van der Waals surface area contributed by atoms with Gasteiger partial charge in [0.1, 0.15) is 11.5 Å². The van der Waals surface area contributed by atoms with Gasteiger partial charge in [-0.1, -0.05) is 5.16 Å². The summed E-state index contributed by atoms with van der Waals surface area (Å²) in [5.74, 6) is 2.86. The summed E-state index contributed by atoms with van der Waals surface area (Å²) in [4.78, 5) is 11.0. The summed E-state index contributed by atoms with van der Waals surface area (Å²) < 4.78 is 16.5. The molecular formula is C20H22N4O3. The van der Waals surface area contributed by atoms with Crippen molar-refractivity contribution < 1.29 is 14.0 Å². The van der Waals surface area contributed by atoms with E-state index in [1.165, 1.54) is 0 Å². The molecule has 1 aliphatic heterocycles. The number of nitrogens with zero attached hydrogens (tertiary/aromatic N) is 4. The third kappa shape index (κ3) is 3.64. The minimum Gasteiger partial charge on any atom is -0.497 e. The first-order valence-electron chi connectivity index (χ1n) is 8.97. The molecule has 0 amide bonds. The van der Waals surface area contributed by atoms with Crippen LogP contribution >= 0.6 is 0 Å². The minimum atomic E-state index is 0.226. The fourth-order valence-corrected chi connectivity index (χ4v) is 3.57. The molecule has 0 saturated carbocycles. The zero-order chi connectivity index (χ0) is 18.6. The lowest BCUT2D eigenvalue weighted by Crippen LogP contribution is -2.23. The van der Waals surface area contributed by atoms with Gasteiger partial charge in [0, 0.05) is 29.6 Å². The maximum atomic E-state index is 5.58. The molecule has 1 atom stereocenters. The number of aromatic nitrogens is 3. The van der Waals surface area contributed by atoms with Crippen LogP contribution in [0.3, 0.4) is 0 Å². The Balaban J connectivity index is 1.55. The zero-order valence-corrected chi connectivity index (χ0v) is 15.5. The first kappa shape index (κ1) is 17.5. The van der Waals surface area contributed by atoms with Gasteiger partial charge in [-0.05, 0) is 49.7 Å². The van der Waals surface area contributed by atoms with E-state index in [4.69, 9.17) is 14.0 Å². The van der Waals surface area contributed by atoms with Crippen LogP contribution in [0, 0.1) is 0 Å². The van der Waals surface area contributed by atoms with Crippen LogP contribution in [0.2, 0.25) is 0 Å². The Kier molecular flexibility index (Phi) is 5.02. The van der Waals surface area contributed by atoms with Gasteiger partial charge >= 0.3 is 0 Å². The number of likely N-dealkylation sites (tertiary alicyclic amines) is 1. The molecule has 0 N–H and O–H groups in total. The molecule has 27 heavy (non-hydrogen) atoms. The third-order valence-corrected chi connectivity index (χ3v) is 4.89. The second-order valence-corrected chi connectivity index (χ2v) is 6.49. The van der Waals surface area contributed by atoms with Gasteiger partial charge in [0.05, 0.1) is 20.8 Å². The van der Waals surface area contributed by atoms with Crippen LogP contribution in [0.5, 0.6) is 11.5 Å². The molecule has 2 aromatic heterocycles. The fourth-order valence-electron chi connectivity index (χ4n) is 3.57. The third-order valence-electron chi connectivity index (χ3n) is 4.89. The molecule has 3 aromatic rings. The predicted molar refractivity (Wildman–Crippen MR) is 99.5 cm³/mol. The van der Waals surface area contributed by atoms with Crippen molar-refractivity contribution in [2.75, 3.05) is 20.8 Å². The Morgan fingerprint density at radius 2 is 2.15 bits per heavy atom. The minimum absolute atomic E-state index is 0.226. The Labute approximate surface area is 157 Å². The number of pyridine rings is 1. The quantitative estimate of drug-likeness (QED) is 0.661. The van der Waals surface area contributed by atoms with E-state index in [-0.39, 0.29) is 6.04 Å². The molecule has 1 aromatic carbocycles. The van der Waals surface area contributed by atoms with E-state index >= 15 is 0 Å². The molecule has 1 aliphatic rings. The summed E-state index contributed by atoms with van der Waals surface area (Å²) in [6.07, 6.45) is 5.61. The summed E-state index contributed by atoms with van der Waals surface area (Å²) in [6.45, 7) is 1.56. The van der Waals surface area contributed by atoms with E-state index < -0.39 is 0 Å². The van der Waals surface area contributed by atoms with Crippen molar-refractivity contribution in [3.63, 3.8) is 0 Å². The van der Waals surface area contributed by atoms with Crippen molar-refractivity contribution >= 4 is 0 Å². The van der Waals surface area contributed by atoms with Crippen LogP contribution in [0.15, 0.2) is 47.2 Å². The van der Waals surface area contributed by atoms with Gasteiger partial charge < -0.3 is 14.0 Å². The second-order valence-electron chi connectivity index (χ2n) is 6.49. The molecule has 0 spiro atoms. The lowest BCUT2D eigenvalue weighted by atomic mass is 10.0. The second kappa shape index (κ2) is 7.75. The monoisotopic (exact) mass is 366 g/mol. The van der Waals surface area contributed by atoms with E-state index in [2.05, 4.69) is 26.1 Å². The Bertz CT molecular complexity index is 897. The Morgan fingerprint density at radius 1 is 1.22 bits per heavy atom. The number of rotatable bonds is 6. The summed E-state index contributed by atoms with van der Waals surface area (Å²) >= 11 is 0. The molecule has 140 valence electrons. The van der Waals surface area contributed by atoms with Crippen LogP contribution in [0.4, 0.5) is 0 Å². The van der Waals surface area contributed by atoms with Gasteiger partial charge in [0.15, 0.2) is 0 Å². The highest BCUT2D eigenvalue weighted by molar-refractivity contribution is 5.51. The number of benzene rings is 1. The molecule has 1 unspecified atom stereocenters. The van der Waals surface area contributed by atoms with Crippen molar-refractivity contribution in [3.8, 4) is 22.9 Å². The van der Waals surface area contributed by atoms with E-state index in [9.17, 15) is 0 Å². The van der Waals surface area contributed by atoms with Crippen molar-refractivity contribution in [2.45, 2.75) is 25.4 Å². The average molecular weight is 366 g/mol. The van der Waals surface area contributed by atoms with Gasteiger partial charge in [0.2, 0.25) is 11.7 Å². The van der Waals surface area contributed by atoms with Crippen molar-refractivity contribution in [1.82, 2.24) is 20.0 Å². The Morgan fingerprint density at radius 3 is 2.93 bits per heavy atom. The van der Waals surface area contributed by atoms with Crippen LogP contribution in [-0.2, 0) is 6.54 Å². The van der Waals surface area contributed by atoms with Crippen molar-refractivity contribution in [2.24, 2.45) is 0 Å². The molecule has 3 heterocycles. The topological polar surface area (TPSA) is 73.5 Å². The van der Waals surface area contributed by atoms with Crippen LogP contribution in [0.1, 0.15) is 30.3 Å². The highest BCUT2D eigenvalue weighted by atomic mass is 16.5. The summed E-state index contributed by atoms with van der Waals surface area (Å²) in [5.41, 5.74) is 1.97. The molecule has 0 radical (unpaired) electrons. The van der Waals surface area contributed by atoms with Crippen molar-refractivity contribution in [3.05, 3.63) is 54.2 Å². The zero-order valence-electron chi connectivity index (χ0n) is 15.5. The van der Waals surface area contributed by atoms with E-state index in [0.29, 0.717) is 18.3 Å². The SMILES string of the molecule is COc1ccc(OC)c(C2CCCN2Cc2nc(-c3cccnc3)no2)c1. The van der Waals surface area contributed by atoms with Gasteiger partial charge in [-0.25, -0.2) is 0 Å². The van der Waals surface area contributed by atoms with Gasteiger partial charge in [-0.3, -0.25) is 9.88 Å². The molecule has 7 nitrogen and oxygen atoms in total. The van der Waals surface area contributed by atoms with Crippen LogP contribution in [0.25, 0.3) is 11.4 Å². The lowest BCUT2D eigenvalue weighted by Gasteiger charge is -2.25. The predicted octanol–water partition coefficient (Wildman–Crippen LogP) is 3.49. The average Bonchev–Trinajstić information content (AvgIpc) is 3.38. The number of methoxy groups -OCH3 is 2. The lowest BCUT2D eigenvalue weighted by molar-refractivity contribution is 0.209. The highest BCUT2D eigenvalue weighted by Gasteiger charge is 2.30. The molecule has 0 aliphatic carbocycles. The fraction of sp³-hybridized carbons (Fsp3) is 0.350. The smallest absolute Gasteiger partial charge is 0.241 e. The summed E-state index contributed by atoms with van der Waals surface area (Å²) in [6, 6.07) is 9.93. The first-order chi connectivity index (χ1) is 13.3.